The second kappa shape index (κ2) is 5.06. The molecular formula is C14H9ClN2O4. The number of benzene rings is 2. The third-order valence-electron chi connectivity index (χ3n) is 2.97. The summed E-state index contributed by atoms with van der Waals surface area (Å²) in [5, 5.41) is 11.3. The fraction of sp³-hybridized carbons (Fsp3) is 0.0714. The van der Waals surface area contributed by atoms with Crippen molar-refractivity contribution < 1.29 is 14.1 Å². The number of oxazole rings is 1. The second-order valence-corrected chi connectivity index (χ2v) is 4.71. The molecule has 1 aromatic heterocycles. The van der Waals surface area contributed by atoms with Crippen LogP contribution in [-0.2, 0) is 0 Å². The molecule has 0 fully saturated rings. The minimum atomic E-state index is -0.478. The molecule has 0 aliphatic rings. The predicted molar refractivity (Wildman–Crippen MR) is 77.7 cm³/mol. The number of hydrogen-bond acceptors (Lipinski definition) is 5. The molecule has 0 aliphatic carbocycles. The van der Waals surface area contributed by atoms with Gasteiger partial charge in [-0.1, -0.05) is 11.6 Å². The first-order chi connectivity index (χ1) is 10.1. The van der Waals surface area contributed by atoms with Gasteiger partial charge in [0.2, 0.25) is 5.89 Å². The van der Waals surface area contributed by atoms with Gasteiger partial charge < -0.3 is 9.15 Å². The van der Waals surface area contributed by atoms with Crippen LogP contribution < -0.4 is 4.74 Å². The summed E-state index contributed by atoms with van der Waals surface area (Å²) in [4.78, 5) is 14.6. The summed E-state index contributed by atoms with van der Waals surface area (Å²) >= 11 is 5.97. The number of fused-ring (bicyclic) bond motifs is 1. The minimum Gasteiger partial charge on any atom is -0.496 e. The molecule has 6 nitrogen and oxygen atoms in total. The highest BCUT2D eigenvalue weighted by atomic mass is 35.5. The first kappa shape index (κ1) is 13.4. The molecule has 7 heteroatoms. The summed E-state index contributed by atoms with van der Waals surface area (Å²) < 4.78 is 10.9. The summed E-state index contributed by atoms with van der Waals surface area (Å²) in [7, 11) is 1.53. The predicted octanol–water partition coefficient (Wildman–Crippen LogP) is 4.07. The summed E-state index contributed by atoms with van der Waals surface area (Å²) in [6.07, 6.45) is 0. The van der Waals surface area contributed by atoms with Gasteiger partial charge in [0, 0.05) is 17.2 Å². The number of hydrogen-bond donors (Lipinski definition) is 0. The lowest BCUT2D eigenvalue weighted by Gasteiger charge is -2.04. The SMILES string of the molecule is COc1ccc(Cl)cc1-c1nc2cc([N+](=O)[O-])ccc2o1. The van der Waals surface area contributed by atoms with Gasteiger partial charge in [-0.05, 0) is 24.3 Å². The number of nitro groups is 1. The van der Waals surface area contributed by atoms with Gasteiger partial charge in [0.15, 0.2) is 5.58 Å². The molecule has 3 aromatic rings. The lowest BCUT2D eigenvalue weighted by atomic mass is 10.2. The molecule has 0 spiro atoms. The molecule has 3 rings (SSSR count). The molecule has 0 N–H and O–H groups in total. The van der Waals surface area contributed by atoms with Crippen LogP contribution in [0.2, 0.25) is 5.02 Å². The Kier molecular flexibility index (Phi) is 3.23. The quantitative estimate of drug-likeness (QED) is 0.538. The average Bonchev–Trinajstić information content (AvgIpc) is 2.89. The fourth-order valence-corrected chi connectivity index (χ4v) is 2.16. The Morgan fingerprint density at radius 1 is 1.29 bits per heavy atom. The van der Waals surface area contributed by atoms with Crippen molar-refractivity contribution in [2.75, 3.05) is 7.11 Å². The Morgan fingerprint density at radius 2 is 2.10 bits per heavy atom. The molecule has 0 radical (unpaired) electrons. The molecule has 0 saturated heterocycles. The normalized spacial score (nSPS) is 10.8. The summed E-state index contributed by atoms with van der Waals surface area (Å²) in [6.45, 7) is 0. The zero-order chi connectivity index (χ0) is 15.0. The summed E-state index contributed by atoms with van der Waals surface area (Å²) in [5.41, 5.74) is 1.41. The molecular weight excluding hydrogens is 296 g/mol. The Bertz CT molecular complexity index is 844. The van der Waals surface area contributed by atoms with Crippen molar-refractivity contribution in [2.45, 2.75) is 0 Å². The first-order valence-corrected chi connectivity index (χ1v) is 6.35. The topological polar surface area (TPSA) is 78.4 Å². The van der Waals surface area contributed by atoms with E-state index in [-0.39, 0.29) is 5.69 Å². The number of methoxy groups -OCH3 is 1. The highest BCUT2D eigenvalue weighted by Crippen LogP contribution is 2.34. The maximum absolute atomic E-state index is 10.8. The van der Waals surface area contributed by atoms with Crippen LogP contribution in [0.5, 0.6) is 5.75 Å². The van der Waals surface area contributed by atoms with Crippen LogP contribution >= 0.6 is 11.6 Å². The molecule has 0 aliphatic heterocycles. The van der Waals surface area contributed by atoms with E-state index >= 15 is 0 Å². The number of non-ortho nitro benzene ring substituents is 1. The Balaban J connectivity index is 2.17. The fourth-order valence-electron chi connectivity index (χ4n) is 1.99. The van der Waals surface area contributed by atoms with Crippen molar-refractivity contribution in [1.82, 2.24) is 4.98 Å². The lowest BCUT2D eigenvalue weighted by molar-refractivity contribution is -0.384. The highest BCUT2D eigenvalue weighted by molar-refractivity contribution is 6.30. The van der Waals surface area contributed by atoms with Gasteiger partial charge in [0.05, 0.1) is 17.6 Å². The Hall–Kier alpha value is -2.60. The third-order valence-corrected chi connectivity index (χ3v) is 3.21. The highest BCUT2D eigenvalue weighted by Gasteiger charge is 2.16. The van der Waals surface area contributed by atoms with Crippen molar-refractivity contribution in [3.05, 3.63) is 51.5 Å². The Morgan fingerprint density at radius 3 is 2.81 bits per heavy atom. The summed E-state index contributed by atoms with van der Waals surface area (Å²) in [6, 6.07) is 9.30. The van der Waals surface area contributed by atoms with E-state index in [9.17, 15) is 10.1 Å². The van der Waals surface area contributed by atoms with E-state index in [2.05, 4.69) is 4.98 Å². The maximum Gasteiger partial charge on any atom is 0.271 e. The number of halogens is 1. The Labute approximate surface area is 124 Å². The molecule has 0 amide bonds. The van der Waals surface area contributed by atoms with E-state index in [4.69, 9.17) is 20.8 Å². The van der Waals surface area contributed by atoms with Gasteiger partial charge in [0.1, 0.15) is 11.3 Å². The number of rotatable bonds is 3. The molecule has 0 saturated carbocycles. The smallest absolute Gasteiger partial charge is 0.271 e. The van der Waals surface area contributed by atoms with E-state index < -0.39 is 4.92 Å². The molecule has 106 valence electrons. The van der Waals surface area contributed by atoms with Crippen molar-refractivity contribution in [1.29, 1.82) is 0 Å². The average molecular weight is 305 g/mol. The van der Waals surface area contributed by atoms with Gasteiger partial charge in [-0.15, -0.1) is 0 Å². The van der Waals surface area contributed by atoms with E-state index in [1.807, 2.05) is 0 Å². The standard InChI is InChI=1S/C14H9ClN2O4/c1-20-12-4-2-8(15)6-10(12)14-16-11-7-9(17(18)19)3-5-13(11)21-14/h2-7H,1H3. The van der Waals surface area contributed by atoms with Gasteiger partial charge in [-0.3, -0.25) is 10.1 Å². The maximum atomic E-state index is 10.8. The number of nitrogens with zero attached hydrogens (tertiary/aromatic N) is 2. The van der Waals surface area contributed by atoms with Crippen LogP contribution in [0.4, 0.5) is 5.69 Å². The van der Waals surface area contributed by atoms with Crippen molar-refractivity contribution in [2.24, 2.45) is 0 Å². The van der Waals surface area contributed by atoms with Gasteiger partial charge in [0.25, 0.3) is 5.69 Å². The van der Waals surface area contributed by atoms with Crippen molar-refractivity contribution in [3.63, 3.8) is 0 Å². The van der Waals surface area contributed by atoms with Crippen molar-refractivity contribution in [3.8, 4) is 17.2 Å². The van der Waals surface area contributed by atoms with Crippen LogP contribution in [0.15, 0.2) is 40.8 Å². The molecule has 0 atom stereocenters. The van der Waals surface area contributed by atoms with Crippen LogP contribution in [0.1, 0.15) is 0 Å². The van der Waals surface area contributed by atoms with E-state index in [0.717, 1.165) is 0 Å². The summed E-state index contributed by atoms with van der Waals surface area (Å²) in [5.74, 6) is 0.852. The molecule has 1 heterocycles. The van der Waals surface area contributed by atoms with Gasteiger partial charge in [-0.2, -0.15) is 0 Å². The zero-order valence-corrected chi connectivity index (χ0v) is 11.6. The van der Waals surface area contributed by atoms with Crippen LogP contribution in [0.25, 0.3) is 22.6 Å². The number of ether oxygens (including phenoxy) is 1. The van der Waals surface area contributed by atoms with Crippen LogP contribution in [-0.4, -0.2) is 17.0 Å². The minimum absolute atomic E-state index is 0.0413. The van der Waals surface area contributed by atoms with Crippen molar-refractivity contribution >= 4 is 28.4 Å². The molecule has 21 heavy (non-hydrogen) atoms. The van der Waals surface area contributed by atoms with E-state index in [1.54, 1.807) is 18.2 Å². The monoisotopic (exact) mass is 304 g/mol. The van der Waals surface area contributed by atoms with E-state index in [0.29, 0.717) is 33.3 Å². The zero-order valence-electron chi connectivity index (χ0n) is 10.9. The molecule has 0 bridgehead atoms. The third kappa shape index (κ3) is 2.41. The van der Waals surface area contributed by atoms with Gasteiger partial charge >= 0.3 is 0 Å². The number of nitro benzene ring substituents is 1. The number of aromatic nitrogens is 1. The first-order valence-electron chi connectivity index (χ1n) is 5.97. The van der Waals surface area contributed by atoms with Crippen LogP contribution in [0, 0.1) is 10.1 Å². The largest absolute Gasteiger partial charge is 0.496 e. The van der Waals surface area contributed by atoms with E-state index in [1.165, 1.54) is 25.3 Å². The van der Waals surface area contributed by atoms with Gasteiger partial charge in [-0.25, -0.2) is 4.98 Å². The second-order valence-electron chi connectivity index (χ2n) is 4.27. The molecule has 2 aromatic carbocycles. The lowest BCUT2D eigenvalue weighted by Crippen LogP contribution is -1.88. The molecule has 0 unspecified atom stereocenters. The van der Waals surface area contributed by atoms with Crippen LogP contribution in [0.3, 0.4) is 0 Å².